The van der Waals surface area contributed by atoms with E-state index in [0.29, 0.717) is 11.6 Å². The Kier molecular flexibility index (Phi) is 7.58. The zero-order valence-corrected chi connectivity index (χ0v) is 29.3. The molecule has 1 fully saturated rings. The van der Waals surface area contributed by atoms with Gasteiger partial charge in [0.15, 0.2) is 0 Å². The van der Waals surface area contributed by atoms with Gasteiger partial charge >= 0.3 is 0 Å². The maximum atomic E-state index is 6.77. The van der Waals surface area contributed by atoms with Crippen molar-refractivity contribution in [1.82, 2.24) is 9.97 Å². The van der Waals surface area contributed by atoms with Crippen molar-refractivity contribution in [1.29, 1.82) is 0 Å². The molecule has 248 valence electrons. The lowest BCUT2D eigenvalue weighted by atomic mass is 9.72. The summed E-state index contributed by atoms with van der Waals surface area (Å²) in [4.78, 5) is 16.9. The Morgan fingerprint density at radius 1 is 0.796 bits per heavy atom. The van der Waals surface area contributed by atoms with E-state index in [9.17, 15) is 0 Å². The van der Waals surface area contributed by atoms with Gasteiger partial charge in [0, 0.05) is 40.6 Å². The predicted molar refractivity (Wildman–Crippen MR) is 198 cm³/mol. The Bertz CT molecular complexity index is 2080. The molecule has 2 atom stereocenters. The van der Waals surface area contributed by atoms with Crippen molar-refractivity contribution in [3.8, 4) is 22.8 Å². The third kappa shape index (κ3) is 5.77. The molecule has 6 nitrogen and oxygen atoms in total. The molecule has 0 radical (unpaired) electrons. The number of aryl methyl sites for hydroxylation is 1. The molecular weight excluding hydrogens is 604 g/mol. The summed E-state index contributed by atoms with van der Waals surface area (Å²) >= 11 is 0. The minimum atomic E-state index is -0.218. The number of nitrogens with zero attached hydrogens (tertiary/aromatic N) is 4. The monoisotopic (exact) mass is 648 g/mol. The third-order valence-corrected chi connectivity index (χ3v) is 10.3. The van der Waals surface area contributed by atoms with E-state index in [0.717, 1.165) is 58.2 Å². The van der Waals surface area contributed by atoms with Crippen LogP contribution in [0.2, 0.25) is 0 Å². The normalized spacial score (nSPS) is 19.3. The lowest BCUT2D eigenvalue weighted by Gasteiger charge is -2.41. The topological polar surface area (TPSA) is 59.8 Å². The first-order valence-electron chi connectivity index (χ1n) is 17.6. The zero-order chi connectivity index (χ0) is 33.9. The van der Waals surface area contributed by atoms with Crippen molar-refractivity contribution in [2.75, 3.05) is 4.90 Å². The Morgan fingerprint density at radius 2 is 1.59 bits per heavy atom. The number of benzene rings is 3. The molecule has 3 aromatic carbocycles. The summed E-state index contributed by atoms with van der Waals surface area (Å²) in [5.41, 5.74) is 9.60. The van der Waals surface area contributed by atoms with Gasteiger partial charge in [-0.05, 0) is 103 Å². The molecule has 8 rings (SSSR count). The molecule has 2 aliphatic heterocycles. The van der Waals surface area contributed by atoms with Crippen LogP contribution in [0, 0.1) is 6.92 Å². The van der Waals surface area contributed by atoms with E-state index < -0.39 is 0 Å². The highest BCUT2D eigenvalue weighted by Gasteiger charge is 2.39. The molecule has 5 aromatic rings. The molecule has 6 heteroatoms. The van der Waals surface area contributed by atoms with E-state index in [2.05, 4.69) is 106 Å². The Balaban J connectivity index is 1.21. The number of ether oxygens (including phenoxy) is 2. The quantitative estimate of drug-likeness (QED) is 0.190. The van der Waals surface area contributed by atoms with Crippen LogP contribution in [0.4, 0.5) is 17.2 Å². The van der Waals surface area contributed by atoms with Gasteiger partial charge in [-0.25, -0.2) is 9.98 Å². The van der Waals surface area contributed by atoms with Crippen molar-refractivity contribution in [3.63, 3.8) is 0 Å². The van der Waals surface area contributed by atoms with Crippen LogP contribution >= 0.6 is 0 Å². The fourth-order valence-electron chi connectivity index (χ4n) is 7.63. The smallest absolute Gasteiger partial charge is 0.216 e. The highest BCUT2D eigenvalue weighted by molar-refractivity contribution is 5.97. The first-order chi connectivity index (χ1) is 23.5. The van der Waals surface area contributed by atoms with Crippen LogP contribution in [0.25, 0.3) is 11.3 Å². The summed E-state index contributed by atoms with van der Waals surface area (Å²) < 4.78 is 13.2. The number of hydrogen-bond donors (Lipinski definition) is 0. The van der Waals surface area contributed by atoms with Crippen LogP contribution in [-0.4, -0.2) is 28.0 Å². The van der Waals surface area contributed by atoms with Crippen molar-refractivity contribution in [2.24, 2.45) is 4.99 Å². The lowest BCUT2D eigenvalue weighted by Crippen LogP contribution is -2.32. The first-order valence-corrected chi connectivity index (χ1v) is 17.6. The van der Waals surface area contributed by atoms with E-state index in [1.165, 1.54) is 29.5 Å². The fraction of sp³-hybridized carbons (Fsp3) is 0.326. The predicted octanol–water partition coefficient (Wildman–Crippen LogP) is 10.7. The second-order valence-corrected chi connectivity index (χ2v) is 15.3. The molecule has 0 spiro atoms. The van der Waals surface area contributed by atoms with Gasteiger partial charge < -0.3 is 9.47 Å². The van der Waals surface area contributed by atoms with Gasteiger partial charge in [0.1, 0.15) is 23.4 Å². The highest BCUT2D eigenvalue weighted by atomic mass is 16.5. The summed E-state index contributed by atoms with van der Waals surface area (Å²) in [6, 6.07) is 30.0. The summed E-state index contributed by atoms with van der Waals surface area (Å²) in [6.07, 6.45) is 8.41. The molecule has 4 heterocycles. The van der Waals surface area contributed by atoms with E-state index in [1.807, 2.05) is 42.7 Å². The zero-order valence-electron chi connectivity index (χ0n) is 29.3. The van der Waals surface area contributed by atoms with Crippen LogP contribution in [0.15, 0.2) is 102 Å². The van der Waals surface area contributed by atoms with E-state index in [4.69, 9.17) is 19.5 Å². The van der Waals surface area contributed by atoms with Crippen LogP contribution in [-0.2, 0) is 15.6 Å². The molecule has 0 saturated heterocycles. The average Bonchev–Trinajstić information content (AvgIpc) is 3.53. The Morgan fingerprint density at radius 3 is 2.39 bits per heavy atom. The molecule has 0 amide bonds. The minimum Gasteiger partial charge on any atom is -0.472 e. The van der Waals surface area contributed by atoms with Crippen LogP contribution in [0.5, 0.6) is 11.5 Å². The molecule has 0 N–H and O–H groups in total. The van der Waals surface area contributed by atoms with Crippen LogP contribution < -0.4 is 9.64 Å². The van der Waals surface area contributed by atoms with E-state index >= 15 is 0 Å². The molecule has 2 aromatic heterocycles. The molecule has 49 heavy (non-hydrogen) atoms. The SMILES string of the molecule is Cc1cc(Oc2cc(C3=N[C@@H]4CCCC[C@@H]4O3)cc(-c3ccccn3)c2)cc(N2c3ccc(C(C)(C)C)cc3C(C)(C)c3cccnc32)c1. The molecule has 0 bridgehead atoms. The molecular formula is C43H44N4O2. The number of hydrogen-bond acceptors (Lipinski definition) is 6. The van der Waals surface area contributed by atoms with E-state index in [-0.39, 0.29) is 23.0 Å². The van der Waals surface area contributed by atoms with Crippen LogP contribution in [0.3, 0.4) is 0 Å². The fourth-order valence-corrected chi connectivity index (χ4v) is 7.63. The van der Waals surface area contributed by atoms with Crippen LogP contribution in [0.1, 0.15) is 88.1 Å². The lowest BCUT2D eigenvalue weighted by molar-refractivity contribution is 0.153. The second kappa shape index (κ2) is 11.9. The summed E-state index contributed by atoms with van der Waals surface area (Å²) in [5, 5.41) is 0. The maximum absolute atomic E-state index is 6.77. The number of aliphatic imine (C=N–C) groups is 1. The van der Waals surface area contributed by atoms with Gasteiger partial charge in [0.2, 0.25) is 5.90 Å². The van der Waals surface area contributed by atoms with Gasteiger partial charge in [-0.3, -0.25) is 9.88 Å². The summed E-state index contributed by atoms with van der Waals surface area (Å²) in [6.45, 7) is 13.5. The van der Waals surface area contributed by atoms with Gasteiger partial charge in [-0.2, -0.15) is 0 Å². The highest BCUT2D eigenvalue weighted by Crippen LogP contribution is 2.52. The number of fused-ring (bicyclic) bond motifs is 3. The average molecular weight is 649 g/mol. The molecule has 1 saturated carbocycles. The summed E-state index contributed by atoms with van der Waals surface area (Å²) in [7, 11) is 0. The van der Waals surface area contributed by atoms with Crippen molar-refractivity contribution < 1.29 is 9.47 Å². The van der Waals surface area contributed by atoms with Gasteiger partial charge in [-0.15, -0.1) is 0 Å². The van der Waals surface area contributed by atoms with Crippen molar-refractivity contribution in [2.45, 2.75) is 90.2 Å². The minimum absolute atomic E-state index is 0.0330. The van der Waals surface area contributed by atoms with E-state index in [1.54, 1.807) is 0 Å². The number of aromatic nitrogens is 2. The number of anilines is 3. The molecule has 1 aliphatic carbocycles. The van der Waals surface area contributed by atoms with Crippen molar-refractivity contribution in [3.05, 3.63) is 125 Å². The number of rotatable bonds is 5. The second-order valence-electron chi connectivity index (χ2n) is 15.3. The van der Waals surface area contributed by atoms with Gasteiger partial charge in [0.25, 0.3) is 0 Å². The Hall–Kier alpha value is -4.97. The third-order valence-electron chi connectivity index (χ3n) is 10.3. The van der Waals surface area contributed by atoms with Gasteiger partial charge in [0.05, 0.1) is 23.1 Å². The van der Waals surface area contributed by atoms with Crippen molar-refractivity contribution >= 4 is 23.1 Å². The largest absolute Gasteiger partial charge is 0.472 e. The summed E-state index contributed by atoms with van der Waals surface area (Å²) in [5.74, 6) is 3.10. The number of pyridine rings is 2. The van der Waals surface area contributed by atoms with Gasteiger partial charge in [-0.1, -0.05) is 65.3 Å². The standard InChI is InChI=1S/C43H44N4O2/c1-27-20-31(47-38-17-16-30(42(2,3)4)25-35(38)43(5,6)34-12-11-19-45-40(34)47)26-32(21-27)48-33-23-28(36-13-9-10-18-44-36)22-29(24-33)41-46-37-14-7-8-15-39(37)49-41/h9-13,16-26,37,39H,7-8,14-15H2,1-6H3/t37-,39+/m1/s1. The molecule has 0 unspecified atom stereocenters. The molecule has 3 aliphatic rings. The Labute approximate surface area is 289 Å². The first kappa shape index (κ1) is 31.3. The maximum Gasteiger partial charge on any atom is 0.216 e.